The molecule has 0 bridgehead atoms. The predicted octanol–water partition coefficient (Wildman–Crippen LogP) is 3.05. The second-order valence-electron chi connectivity index (χ2n) is 4.52. The number of benzene rings is 1. The van der Waals surface area contributed by atoms with Crippen LogP contribution >= 0.6 is 11.5 Å². The number of hydrogen-bond donors (Lipinski definition) is 1. The predicted molar refractivity (Wildman–Crippen MR) is 80.5 cm³/mol. The van der Waals surface area contributed by atoms with Gasteiger partial charge in [0.05, 0.1) is 19.8 Å². The van der Waals surface area contributed by atoms with Crippen LogP contribution in [0, 0.1) is 5.82 Å². The quantitative estimate of drug-likeness (QED) is 0.851. The fourth-order valence-electron chi connectivity index (χ4n) is 1.83. The van der Waals surface area contributed by atoms with E-state index in [4.69, 9.17) is 9.47 Å². The first kappa shape index (κ1) is 15.7. The van der Waals surface area contributed by atoms with Crippen molar-refractivity contribution in [3.8, 4) is 5.75 Å². The smallest absolute Gasteiger partial charge is 0.203 e. The topological polar surface area (TPSA) is 56.3 Å². The Bertz CT molecular complexity index is 591. The second kappa shape index (κ2) is 7.33. The maximum Gasteiger partial charge on any atom is 0.203 e. The molecule has 1 aromatic carbocycles. The molecule has 0 radical (unpaired) electrons. The van der Waals surface area contributed by atoms with E-state index in [1.165, 1.54) is 24.7 Å². The summed E-state index contributed by atoms with van der Waals surface area (Å²) in [5.74, 6) is 0.614. The maximum absolute atomic E-state index is 13.7. The third kappa shape index (κ3) is 4.12. The van der Waals surface area contributed by atoms with Crippen molar-refractivity contribution in [2.24, 2.45) is 0 Å². The van der Waals surface area contributed by atoms with Crippen molar-refractivity contribution in [2.45, 2.75) is 19.4 Å². The summed E-state index contributed by atoms with van der Waals surface area (Å²) in [5, 5.41) is 3.93. The minimum atomic E-state index is -0.373. The molecular formula is C14H18FN3O2S. The first-order chi connectivity index (χ1) is 10.1. The molecule has 0 aliphatic carbocycles. The summed E-state index contributed by atoms with van der Waals surface area (Å²) in [4.78, 5) is 4.37. The molecule has 0 fully saturated rings. The van der Waals surface area contributed by atoms with E-state index in [1.807, 2.05) is 13.0 Å². The zero-order chi connectivity index (χ0) is 15.2. The fraction of sp³-hybridized carbons (Fsp3) is 0.429. The Balaban J connectivity index is 2.02. The summed E-state index contributed by atoms with van der Waals surface area (Å²) in [6.07, 6.45) is 0.681. The normalized spacial score (nSPS) is 12.2. The number of rotatable bonds is 7. The van der Waals surface area contributed by atoms with Crippen LogP contribution in [-0.4, -0.2) is 30.2 Å². The van der Waals surface area contributed by atoms with E-state index < -0.39 is 0 Å². The van der Waals surface area contributed by atoms with Gasteiger partial charge >= 0.3 is 0 Å². The summed E-state index contributed by atoms with van der Waals surface area (Å²) in [5.41, 5.74) is 0.821. The lowest BCUT2D eigenvalue weighted by Gasteiger charge is -2.13. The van der Waals surface area contributed by atoms with Gasteiger partial charge in [-0.05, 0) is 24.6 Å². The lowest BCUT2D eigenvalue weighted by molar-refractivity contribution is 0.201. The molecule has 1 heterocycles. The Labute approximate surface area is 127 Å². The summed E-state index contributed by atoms with van der Waals surface area (Å²) < 4.78 is 27.8. The molecule has 1 N–H and O–H groups in total. The number of methoxy groups -OCH3 is 2. The lowest BCUT2D eigenvalue weighted by Crippen LogP contribution is -2.07. The highest BCUT2D eigenvalue weighted by Crippen LogP contribution is 2.25. The average Bonchev–Trinajstić information content (AvgIpc) is 2.92. The standard InChI is InChI=1S/C14H18FN3O2S/c1-9(10-4-5-12(20-3)11(15)8-10)16-14-17-13(18-21-14)6-7-19-2/h4-5,8-9H,6-7H2,1-3H3,(H,16,17,18). The molecule has 1 unspecified atom stereocenters. The molecule has 0 spiro atoms. The van der Waals surface area contributed by atoms with Crippen LogP contribution < -0.4 is 10.1 Å². The number of ether oxygens (including phenoxy) is 2. The van der Waals surface area contributed by atoms with Gasteiger partial charge in [0, 0.05) is 25.1 Å². The highest BCUT2D eigenvalue weighted by Gasteiger charge is 2.12. The average molecular weight is 311 g/mol. The highest BCUT2D eigenvalue weighted by molar-refractivity contribution is 7.09. The highest BCUT2D eigenvalue weighted by atomic mass is 32.1. The Morgan fingerprint density at radius 2 is 2.19 bits per heavy atom. The van der Waals surface area contributed by atoms with E-state index >= 15 is 0 Å². The van der Waals surface area contributed by atoms with Crippen LogP contribution in [0.15, 0.2) is 18.2 Å². The van der Waals surface area contributed by atoms with Crippen molar-refractivity contribution in [3.05, 3.63) is 35.4 Å². The van der Waals surface area contributed by atoms with Gasteiger partial charge in [-0.15, -0.1) is 0 Å². The minimum absolute atomic E-state index is 0.0753. The molecular weight excluding hydrogens is 293 g/mol. The van der Waals surface area contributed by atoms with Crippen LogP contribution in [0.1, 0.15) is 24.4 Å². The van der Waals surface area contributed by atoms with E-state index in [9.17, 15) is 4.39 Å². The Morgan fingerprint density at radius 3 is 2.86 bits per heavy atom. The van der Waals surface area contributed by atoms with Crippen LogP contribution in [-0.2, 0) is 11.2 Å². The number of anilines is 1. The SMILES string of the molecule is COCCc1nsc(NC(C)c2ccc(OC)c(F)c2)n1. The van der Waals surface area contributed by atoms with Crippen molar-refractivity contribution in [1.29, 1.82) is 0 Å². The van der Waals surface area contributed by atoms with E-state index in [-0.39, 0.29) is 17.6 Å². The molecule has 1 aromatic heterocycles. The maximum atomic E-state index is 13.7. The van der Waals surface area contributed by atoms with Gasteiger partial charge in [0.1, 0.15) is 5.82 Å². The largest absolute Gasteiger partial charge is 0.494 e. The van der Waals surface area contributed by atoms with Gasteiger partial charge in [-0.1, -0.05) is 6.07 Å². The van der Waals surface area contributed by atoms with Crippen molar-refractivity contribution < 1.29 is 13.9 Å². The van der Waals surface area contributed by atoms with Crippen molar-refractivity contribution in [3.63, 3.8) is 0 Å². The lowest BCUT2D eigenvalue weighted by atomic mass is 10.1. The Morgan fingerprint density at radius 1 is 1.38 bits per heavy atom. The molecule has 0 aliphatic heterocycles. The molecule has 2 aromatic rings. The van der Waals surface area contributed by atoms with Gasteiger partial charge in [0.25, 0.3) is 0 Å². The molecule has 0 saturated heterocycles. The number of hydrogen-bond acceptors (Lipinski definition) is 6. The zero-order valence-electron chi connectivity index (χ0n) is 12.2. The van der Waals surface area contributed by atoms with E-state index in [0.717, 1.165) is 11.4 Å². The van der Waals surface area contributed by atoms with Gasteiger partial charge in [-0.3, -0.25) is 0 Å². The number of nitrogens with zero attached hydrogens (tertiary/aromatic N) is 2. The molecule has 5 nitrogen and oxygen atoms in total. The van der Waals surface area contributed by atoms with Crippen molar-refractivity contribution >= 4 is 16.7 Å². The number of aromatic nitrogens is 2. The van der Waals surface area contributed by atoms with Crippen molar-refractivity contribution in [1.82, 2.24) is 9.36 Å². The third-order valence-corrected chi connectivity index (χ3v) is 3.70. The number of halogens is 1. The molecule has 1 atom stereocenters. The van der Waals surface area contributed by atoms with Gasteiger partial charge in [-0.2, -0.15) is 4.37 Å². The molecule has 114 valence electrons. The summed E-state index contributed by atoms with van der Waals surface area (Å²) in [6.45, 7) is 2.53. The van der Waals surface area contributed by atoms with E-state index in [1.54, 1.807) is 13.2 Å². The fourth-order valence-corrected chi connectivity index (χ4v) is 2.53. The van der Waals surface area contributed by atoms with E-state index in [0.29, 0.717) is 18.2 Å². The molecule has 0 aliphatic rings. The van der Waals surface area contributed by atoms with Gasteiger partial charge in [-0.25, -0.2) is 9.37 Å². The molecule has 0 saturated carbocycles. The molecule has 0 amide bonds. The number of nitrogens with one attached hydrogen (secondary N) is 1. The summed E-state index contributed by atoms with van der Waals surface area (Å²) in [6, 6.07) is 4.83. The van der Waals surface area contributed by atoms with Crippen LogP contribution in [0.5, 0.6) is 5.75 Å². The van der Waals surface area contributed by atoms with Crippen LogP contribution in [0.4, 0.5) is 9.52 Å². The molecule has 21 heavy (non-hydrogen) atoms. The van der Waals surface area contributed by atoms with Gasteiger partial charge in [0.2, 0.25) is 5.13 Å². The van der Waals surface area contributed by atoms with Gasteiger partial charge in [0.15, 0.2) is 11.6 Å². The van der Waals surface area contributed by atoms with Gasteiger partial charge < -0.3 is 14.8 Å². The van der Waals surface area contributed by atoms with Crippen LogP contribution in [0.3, 0.4) is 0 Å². The molecule has 7 heteroatoms. The second-order valence-corrected chi connectivity index (χ2v) is 5.27. The first-order valence-electron chi connectivity index (χ1n) is 6.55. The first-order valence-corrected chi connectivity index (χ1v) is 7.33. The van der Waals surface area contributed by atoms with Crippen molar-refractivity contribution in [2.75, 3.05) is 26.1 Å². The zero-order valence-corrected chi connectivity index (χ0v) is 13.0. The Hall–Kier alpha value is -1.73. The Kier molecular flexibility index (Phi) is 5.46. The van der Waals surface area contributed by atoms with Crippen LogP contribution in [0.25, 0.3) is 0 Å². The summed E-state index contributed by atoms with van der Waals surface area (Å²) in [7, 11) is 3.09. The minimum Gasteiger partial charge on any atom is -0.494 e. The summed E-state index contributed by atoms with van der Waals surface area (Å²) >= 11 is 1.29. The molecule has 2 rings (SSSR count). The van der Waals surface area contributed by atoms with E-state index in [2.05, 4.69) is 14.7 Å². The monoisotopic (exact) mass is 311 g/mol. The van der Waals surface area contributed by atoms with Crippen LogP contribution in [0.2, 0.25) is 0 Å². The third-order valence-electron chi connectivity index (χ3n) is 3.01.